The molecule has 1 aliphatic heterocycles. The smallest absolute Gasteiger partial charge is 0.237 e. The van der Waals surface area contributed by atoms with Gasteiger partial charge in [0.25, 0.3) is 0 Å². The fraction of sp³-hybridized carbons (Fsp3) is 0.278. The molecule has 0 fully saturated rings. The minimum Gasteiger partial charge on any atom is -0.454 e. The molecule has 0 radical (unpaired) electrons. The van der Waals surface area contributed by atoms with Crippen LogP contribution in [0.4, 0.5) is 0 Å². The number of rotatable bonds is 8. The molecule has 2 heterocycles. The Balaban J connectivity index is 1.71. The van der Waals surface area contributed by atoms with Crippen LogP contribution in [0.15, 0.2) is 48.4 Å². The monoisotopic (exact) mass is 344 g/mol. The van der Waals surface area contributed by atoms with E-state index in [1.807, 2.05) is 40.6 Å². The Labute approximate surface area is 145 Å². The van der Waals surface area contributed by atoms with Gasteiger partial charge in [-0.3, -0.25) is 4.79 Å². The number of benzene rings is 1. The standard InChI is InChI=1S/C18H20N2O3S/c1-2-7-19-10-18(21)20(12-15-4-3-8-24-15)11-14-5-6-16-17(9-14)23-13-22-16/h2-6,8-9,19H,1,7,10-13H2. The van der Waals surface area contributed by atoms with Gasteiger partial charge < -0.3 is 19.7 Å². The summed E-state index contributed by atoms with van der Waals surface area (Å²) in [4.78, 5) is 15.6. The molecule has 3 rings (SSSR count). The van der Waals surface area contributed by atoms with Crippen molar-refractivity contribution in [2.75, 3.05) is 19.9 Å². The van der Waals surface area contributed by atoms with Gasteiger partial charge in [0.05, 0.1) is 13.1 Å². The molecule has 0 atom stereocenters. The summed E-state index contributed by atoms with van der Waals surface area (Å²) in [5, 5.41) is 5.09. The molecule has 0 bridgehead atoms. The molecule has 1 aromatic heterocycles. The van der Waals surface area contributed by atoms with Gasteiger partial charge in [-0.2, -0.15) is 0 Å². The average Bonchev–Trinajstić information content (AvgIpc) is 3.25. The summed E-state index contributed by atoms with van der Waals surface area (Å²) in [7, 11) is 0. The number of amides is 1. The Hall–Kier alpha value is -2.31. The number of hydrogen-bond donors (Lipinski definition) is 1. The maximum absolute atomic E-state index is 12.6. The second-order valence-corrected chi connectivity index (χ2v) is 6.47. The summed E-state index contributed by atoms with van der Waals surface area (Å²) in [5.41, 5.74) is 1.02. The van der Waals surface area contributed by atoms with Crippen LogP contribution in [0.3, 0.4) is 0 Å². The molecule has 1 aliphatic rings. The molecule has 24 heavy (non-hydrogen) atoms. The third-order valence-corrected chi connectivity index (χ3v) is 4.52. The lowest BCUT2D eigenvalue weighted by molar-refractivity contribution is -0.131. The molecule has 6 heteroatoms. The van der Waals surface area contributed by atoms with E-state index in [1.165, 1.54) is 0 Å². The first-order chi connectivity index (χ1) is 11.8. The van der Waals surface area contributed by atoms with E-state index in [1.54, 1.807) is 17.4 Å². The Morgan fingerprint density at radius 1 is 1.29 bits per heavy atom. The lowest BCUT2D eigenvalue weighted by Crippen LogP contribution is -2.37. The number of nitrogens with one attached hydrogen (secondary N) is 1. The molecular weight excluding hydrogens is 324 g/mol. The van der Waals surface area contributed by atoms with Crippen LogP contribution in [0.25, 0.3) is 0 Å². The molecule has 0 unspecified atom stereocenters. The Bertz CT molecular complexity index is 700. The maximum Gasteiger partial charge on any atom is 0.237 e. The van der Waals surface area contributed by atoms with Crippen LogP contribution in [0.1, 0.15) is 10.4 Å². The van der Waals surface area contributed by atoms with Gasteiger partial charge >= 0.3 is 0 Å². The van der Waals surface area contributed by atoms with Crippen molar-refractivity contribution in [1.29, 1.82) is 0 Å². The average molecular weight is 344 g/mol. The molecule has 0 spiro atoms. The molecule has 126 valence electrons. The minimum atomic E-state index is 0.0583. The zero-order valence-electron chi connectivity index (χ0n) is 13.4. The molecular formula is C18H20N2O3S. The van der Waals surface area contributed by atoms with Crippen LogP contribution < -0.4 is 14.8 Å². The minimum absolute atomic E-state index is 0.0583. The number of hydrogen-bond acceptors (Lipinski definition) is 5. The van der Waals surface area contributed by atoms with E-state index < -0.39 is 0 Å². The van der Waals surface area contributed by atoms with Crippen molar-refractivity contribution in [3.05, 3.63) is 58.8 Å². The third kappa shape index (κ3) is 4.15. The second-order valence-electron chi connectivity index (χ2n) is 5.44. The van der Waals surface area contributed by atoms with Crippen LogP contribution in [0, 0.1) is 0 Å². The lowest BCUT2D eigenvalue weighted by atomic mass is 10.2. The lowest BCUT2D eigenvalue weighted by Gasteiger charge is -2.22. The molecule has 0 aliphatic carbocycles. The van der Waals surface area contributed by atoms with Crippen molar-refractivity contribution in [3.8, 4) is 11.5 Å². The Morgan fingerprint density at radius 2 is 2.17 bits per heavy atom. The largest absolute Gasteiger partial charge is 0.454 e. The van der Waals surface area contributed by atoms with E-state index in [0.29, 0.717) is 26.2 Å². The number of nitrogens with zero attached hydrogens (tertiary/aromatic N) is 1. The summed E-state index contributed by atoms with van der Waals surface area (Å²) in [6.45, 7) is 5.94. The maximum atomic E-state index is 12.6. The van der Waals surface area contributed by atoms with Crippen molar-refractivity contribution in [2.24, 2.45) is 0 Å². The van der Waals surface area contributed by atoms with Crippen molar-refractivity contribution >= 4 is 17.2 Å². The van der Waals surface area contributed by atoms with Crippen LogP contribution in [0.5, 0.6) is 11.5 Å². The number of ether oxygens (including phenoxy) is 2. The molecule has 2 aromatic rings. The fourth-order valence-electron chi connectivity index (χ4n) is 2.48. The predicted octanol–water partition coefficient (Wildman–Crippen LogP) is 2.78. The Morgan fingerprint density at radius 3 is 2.96 bits per heavy atom. The number of fused-ring (bicyclic) bond motifs is 1. The highest BCUT2D eigenvalue weighted by molar-refractivity contribution is 7.09. The van der Waals surface area contributed by atoms with E-state index in [4.69, 9.17) is 9.47 Å². The fourth-order valence-corrected chi connectivity index (χ4v) is 3.20. The number of thiophene rings is 1. The summed E-state index contributed by atoms with van der Waals surface area (Å²) in [6.07, 6.45) is 1.74. The van der Waals surface area contributed by atoms with Gasteiger partial charge in [-0.1, -0.05) is 18.2 Å². The van der Waals surface area contributed by atoms with E-state index in [2.05, 4.69) is 11.9 Å². The van der Waals surface area contributed by atoms with E-state index in [0.717, 1.165) is 21.9 Å². The third-order valence-electron chi connectivity index (χ3n) is 3.65. The highest BCUT2D eigenvalue weighted by Gasteiger charge is 2.18. The molecule has 0 saturated heterocycles. The normalized spacial score (nSPS) is 12.2. The van der Waals surface area contributed by atoms with Gasteiger partial charge in [-0.05, 0) is 29.1 Å². The van der Waals surface area contributed by atoms with Crippen LogP contribution in [-0.4, -0.2) is 30.7 Å². The molecule has 5 nitrogen and oxygen atoms in total. The highest BCUT2D eigenvalue weighted by atomic mass is 32.1. The first-order valence-corrected chi connectivity index (χ1v) is 8.64. The SMILES string of the molecule is C=CCNCC(=O)N(Cc1ccc2c(c1)OCO2)Cc1cccs1. The van der Waals surface area contributed by atoms with Crippen molar-refractivity contribution in [1.82, 2.24) is 10.2 Å². The van der Waals surface area contributed by atoms with Gasteiger partial charge in [0.1, 0.15) is 0 Å². The first-order valence-electron chi connectivity index (χ1n) is 7.76. The van der Waals surface area contributed by atoms with Gasteiger partial charge in [-0.15, -0.1) is 17.9 Å². The molecule has 1 N–H and O–H groups in total. The summed E-state index contributed by atoms with van der Waals surface area (Å²) >= 11 is 1.65. The van der Waals surface area contributed by atoms with E-state index >= 15 is 0 Å². The van der Waals surface area contributed by atoms with Gasteiger partial charge in [0.2, 0.25) is 12.7 Å². The van der Waals surface area contributed by atoms with Crippen LogP contribution in [-0.2, 0) is 17.9 Å². The summed E-state index contributed by atoms with van der Waals surface area (Å²) < 4.78 is 10.8. The van der Waals surface area contributed by atoms with Crippen molar-refractivity contribution in [3.63, 3.8) is 0 Å². The van der Waals surface area contributed by atoms with Gasteiger partial charge in [-0.25, -0.2) is 0 Å². The van der Waals surface area contributed by atoms with Crippen molar-refractivity contribution < 1.29 is 14.3 Å². The van der Waals surface area contributed by atoms with E-state index in [-0.39, 0.29) is 12.7 Å². The molecule has 0 saturated carbocycles. The summed E-state index contributed by atoms with van der Waals surface area (Å²) in [5.74, 6) is 1.55. The first kappa shape index (κ1) is 16.5. The van der Waals surface area contributed by atoms with Gasteiger partial charge in [0, 0.05) is 18.0 Å². The summed E-state index contributed by atoms with van der Waals surface area (Å²) in [6, 6.07) is 9.84. The van der Waals surface area contributed by atoms with Crippen LogP contribution in [0.2, 0.25) is 0 Å². The van der Waals surface area contributed by atoms with E-state index in [9.17, 15) is 4.79 Å². The molecule has 1 aromatic carbocycles. The van der Waals surface area contributed by atoms with Gasteiger partial charge in [0.15, 0.2) is 11.5 Å². The zero-order valence-corrected chi connectivity index (χ0v) is 14.2. The van der Waals surface area contributed by atoms with Crippen molar-refractivity contribution in [2.45, 2.75) is 13.1 Å². The topological polar surface area (TPSA) is 50.8 Å². The highest BCUT2D eigenvalue weighted by Crippen LogP contribution is 2.33. The predicted molar refractivity (Wildman–Crippen MR) is 94.2 cm³/mol. The quantitative estimate of drug-likeness (QED) is 0.591. The zero-order chi connectivity index (χ0) is 16.8. The number of carbonyl (C=O) groups is 1. The molecule has 1 amide bonds. The number of carbonyl (C=O) groups excluding carboxylic acids is 1. The second kappa shape index (κ2) is 7.99. The Kier molecular flexibility index (Phi) is 5.51. The van der Waals surface area contributed by atoms with Crippen LogP contribution >= 0.6 is 11.3 Å².